The number of sulfonamides is 1. The summed E-state index contributed by atoms with van der Waals surface area (Å²) in [6, 6.07) is 7.92. The number of rotatable bonds is 6. The van der Waals surface area contributed by atoms with Crippen LogP contribution in [0.1, 0.15) is 32.8 Å². The third kappa shape index (κ3) is 6.23. The standard InChI is InChI=1S/C19H32N2O4S/c1-19(2,3)17-8-5-6-9-18(17)25-15-16(22)14-20-10-7-11-21(13-12-20)26(4,23)24/h5-6,8-9,16,22H,7,10-15H2,1-4H3/t16-/m0/s1. The van der Waals surface area contributed by atoms with Crippen LogP contribution >= 0.6 is 0 Å². The second kappa shape index (κ2) is 8.69. The Morgan fingerprint density at radius 3 is 2.50 bits per heavy atom. The van der Waals surface area contributed by atoms with Crippen LogP contribution < -0.4 is 4.74 Å². The van der Waals surface area contributed by atoms with Gasteiger partial charge in [-0.1, -0.05) is 39.0 Å². The van der Waals surface area contributed by atoms with Crippen LogP contribution in [0.25, 0.3) is 0 Å². The maximum atomic E-state index is 11.7. The molecule has 7 heteroatoms. The van der Waals surface area contributed by atoms with Crippen LogP contribution in [0.2, 0.25) is 0 Å². The maximum absolute atomic E-state index is 11.7. The van der Waals surface area contributed by atoms with Crippen LogP contribution in [0, 0.1) is 0 Å². The normalized spacial score (nSPS) is 19.1. The summed E-state index contributed by atoms with van der Waals surface area (Å²) in [5.74, 6) is 0.804. The Morgan fingerprint density at radius 2 is 1.85 bits per heavy atom. The molecule has 1 aliphatic rings. The average Bonchev–Trinajstić information content (AvgIpc) is 2.78. The summed E-state index contributed by atoms with van der Waals surface area (Å²) >= 11 is 0. The Labute approximate surface area is 157 Å². The predicted octanol–water partition coefficient (Wildman–Crippen LogP) is 1.69. The monoisotopic (exact) mass is 384 g/mol. The molecule has 0 saturated carbocycles. The molecule has 1 saturated heterocycles. The quantitative estimate of drug-likeness (QED) is 0.808. The van der Waals surface area contributed by atoms with E-state index in [-0.39, 0.29) is 12.0 Å². The number of aliphatic hydroxyl groups excluding tert-OH is 1. The Balaban J connectivity index is 1.87. The minimum absolute atomic E-state index is 0.0264. The van der Waals surface area contributed by atoms with Crippen molar-refractivity contribution in [1.29, 1.82) is 0 Å². The smallest absolute Gasteiger partial charge is 0.211 e. The first-order valence-electron chi connectivity index (χ1n) is 9.15. The molecule has 1 heterocycles. The molecular weight excluding hydrogens is 352 g/mol. The molecule has 1 fully saturated rings. The molecule has 1 atom stereocenters. The zero-order valence-electron chi connectivity index (χ0n) is 16.3. The van der Waals surface area contributed by atoms with Crippen LogP contribution in [0.4, 0.5) is 0 Å². The van der Waals surface area contributed by atoms with Gasteiger partial charge in [0, 0.05) is 26.2 Å². The van der Waals surface area contributed by atoms with E-state index in [2.05, 4.69) is 31.7 Å². The van der Waals surface area contributed by atoms with Gasteiger partial charge in [-0.3, -0.25) is 4.90 Å². The Hall–Kier alpha value is -1.15. The number of nitrogens with zero attached hydrogens (tertiary/aromatic N) is 2. The highest BCUT2D eigenvalue weighted by molar-refractivity contribution is 7.88. The van der Waals surface area contributed by atoms with E-state index in [1.165, 1.54) is 10.6 Å². The number of aliphatic hydroxyl groups is 1. The predicted molar refractivity (Wildman–Crippen MR) is 104 cm³/mol. The Kier molecular flexibility index (Phi) is 7.07. The molecule has 0 unspecified atom stereocenters. The fraction of sp³-hybridized carbons (Fsp3) is 0.684. The second-order valence-electron chi connectivity index (χ2n) is 8.03. The highest BCUT2D eigenvalue weighted by atomic mass is 32.2. The lowest BCUT2D eigenvalue weighted by atomic mass is 9.86. The lowest BCUT2D eigenvalue weighted by Gasteiger charge is -2.25. The summed E-state index contributed by atoms with van der Waals surface area (Å²) < 4.78 is 30.8. The van der Waals surface area contributed by atoms with E-state index in [1.54, 1.807) is 0 Å². The molecule has 6 nitrogen and oxygen atoms in total. The average molecular weight is 385 g/mol. The molecule has 0 aliphatic carbocycles. The number of para-hydroxylation sites is 1. The van der Waals surface area contributed by atoms with Gasteiger partial charge in [0.2, 0.25) is 10.0 Å². The van der Waals surface area contributed by atoms with Crippen molar-refractivity contribution < 1.29 is 18.3 Å². The van der Waals surface area contributed by atoms with Crippen LogP contribution in [-0.2, 0) is 15.4 Å². The molecule has 0 spiro atoms. The summed E-state index contributed by atoms with van der Waals surface area (Å²) in [4.78, 5) is 2.11. The van der Waals surface area contributed by atoms with Crippen LogP contribution in [-0.4, -0.2) is 74.4 Å². The fourth-order valence-corrected chi connectivity index (χ4v) is 4.08. The highest BCUT2D eigenvalue weighted by Crippen LogP contribution is 2.30. The summed E-state index contributed by atoms with van der Waals surface area (Å²) in [6.07, 6.45) is 1.40. The van der Waals surface area contributed by atoms with E-state index in [1.807, 2.05) is 18.2 Å². The molecule has 0 aromatic heterocycles. The van der Waals surface area contributed by atoms with Crippen LogP contribution in [0.3, 0.4) is 0 Å². The lowest BCUT2D eigenvalue weighted by Crippen LogP contribution is -2.39. The molecule has 0 amide bonds. The molecule has 1 aromatic rings. The molecule has 1 aromatic carbocycles. The van der Waals surface area contributed by atoms with Gasteiger partial charge >= 0.3 is 0 Å². The lowest BCUT2D eigenvalue weighted by molar-refractivity contribution is 0.0693. The zero-order valence-corrected chi connectivity index (χ0v) is 17.1. The van der Waals surface area contributed by atoms with E-state index in [0.717, 1.165) is 24.3 Å². The number of benzene rings is 1. The van der Waals surface area contributed by atoms with Gasteiger partial charge < -0.3 is 9.84 Å². The van der Waals surface area contributed by atoms with Gasteiger partial charge in [-0.15, -0.1) is 0 Å². The molecule has 1 aliphatic heterocycles. The zero-order chi connectivity index (χ0) is 19.4. The van der Waals surface area contributed by atoms with E-state index in [0.29, 0.717) is 26.2 Å². The highest BCUT2D eigenvalue weighted by Gasteiger charge is 2.23. The maximum Gasteiger partial charge on any atom is 0.211 e. The first-order chi connectivity index (χ1) is 12.1. The summed E-state index contributed by atoms with van der Waals surface area (Å²) in [6.45, 7) is 9.53. The first-order valence-corrected chi connectivity index (χ1v) is 11.0. The van der Waals surface area contributed by atoms with Crippen molar-refractivity contribution >= 4 is 10.0 Å². The van der Waals surface area contributed by atoms with E-state index in [4.69, 9.17) is 4.74 Å². The number of β-amino-alcohol motifs (C(OH)–C–C–N with tert-alkyl or cyclic N) is 1. The summed E-state index contributed by atoms with van der Waals surface area (Å²) in [5.41, 5.74) is 1.09. The number of hydrogen-bond donors (Lipinski definition) is 1. The van der Waals surface area contributed by atoms with Crippen LogP contribution in [0.5, 0.6) is 5.75 Å². The third-order valence-corrected chi connectivity index (χ3v) is 5.91. The van der Waals surface area contributed by atoms with E-state index < -0.39 is 16.1 Å². The van der Waals surface area contributed by atoms with Crippen molar-refractivity contribution in [3.05, 3.63) is 29.8 Å². The van der Waals surface area contributed by atoms with E-state index >= 15 is 0 Å². The molecule has 1 N–H and O–H groups in total. The van der Waals surface area contributed by atoms with Crippen molar-refractivity contribution in [2.24, 2.45) is 0 Å². The Morgan fingerprint density at radius 1 is 1.15 bits per heavy atom. The summed E-state index contributed by atoms with van der Waals surface area (Å²) in [5, 5.41) is 10.4. The van der Waals surface area contributed by atoms with Gasteiger partial charge in [0.05, 0.1) is 6.26 Å². The van der Waals surface area contributed by atoms with Gasteiger partial charge in [-0.2, -0.15) is 0 Å². The topological polar surface area (TPSA) is 70.1 Å². The third-order valence-electron chi connectivity index (χ3n) is 4.61. The van der Waals surface area contributed by atoms with E-state index in [9.17, 15) is 13.5 Å². The van der Waals surface area contributed by atoms with Crippen molar-refractivity contribution in [2.75, 3.05) is 45.6 Å². The molecule has 26 heavy (non-hydrogen) atoms. The fourth-order valence-electron chi connectivity index (χ4n) is 3.21. The Bertz CT molecular complexity index is 685. The van der Waals surface area contributed by atoms with Crippen molar-refractivity contribution in [1.82, 2.24) is 9.21 Å². The molecule has 2 rings (SSSR count). The number of hydrogen-bond acceptors (Lipinski definition) is 5. The SMILES string of the molecule is CC(C)(C)c1ccccc1OC[C@@H](O)CN1CCCN(S(C)(=O)=O)CC1. The summed E-state index contributed by atoms with van der Waals surface area (Å²) in [7, 11) is -3.15. The van der Waals surface area contributed by atoms with Gasteiger partial charge in [-0.05, 0) is 30.0 Å². The molecule has 0 bridgehead atoms. The molecule has 0 radical (unpaired) electrons. The van der Waals surface area contributed by atoms with Crippen molar-refractivity contribution in [2.45, 2.75) is 38.7 Å². The largest absolute Gasteiger partial charge is 0.491 e. The van der Waals surface area contributed by atoms with Crippen molar-refractivity contribution in [3.63, 3.8) is 0 Å². The first kappa shape index (κ1) is 21.2. The van der Waals surface area contributed by atoms with Gasteiger partial charge in [0.1, 0.15) is 18.5 Å². The van der Waals surface area contributed by atoms with Gasteiger partial charge in [0.25, 0.3) is 0 Å². The second-order valence-corrected chi connectivity index (χ2v) is 10.0. The van der Waals surface area contributed by atoms with Gasteiger partial charge in [-0.25, -0.2) is 12.7 Å². The molecular formula is C19H32N2O4S. The minimum Gasteiger partial charge on any atom is -0.491 e. The van der Waals surface area contributed by atoms with Crippen LogP contribution in [0.15, 0.2) is 24.3 Å². The minimum atomic E-state index is -3.15. The van der Waals surface area contributed by atoms with Gasteiger partial charge in [0.15, 0.2) is 0 Å². The van der Waals surface area contributed by atoms with Crippen molar-refractivity contribution in [3.8, 4) is 5.75 Å². The molecule has 148 valence electrons. The number of ether oxygens (including phenoxy) is 1.